The number of phenolic OH excluding ortho intramolecular Hbond substituents is 1. The maximum atomic E-state index is 9.55. The number of nitrogens with one attached hydrogen (secondary N) is 1. The zero-order valence-corrected chi connectivity index (χ0v) is 11.8. The molecule has 3 heteroatoms. The van der Waals surface area contributed by atoms with Crippen LogP contribution in [0.3, 0.4) is 0 Å². The van der Waals surface area contributed by atoms with Gasteiger partial charge in [-0.3, -0.25) is 0 Å². The van der Waals surface area contributed by atoms with E-state index in [9.17, 15) is 5.11 Å². The number of benzene rings is 2. The van der Waals surface area contributed by atoms with E-state index in [1.54, 1.807) is 17.4 Å². The van der Waals surface area contributed by atoms with E-state index in [1.165, 1.54) is 26.9 Å². The molecule has 0 saturated carbocycles. The largest absolute Gasteiger partial charge is 0.508 e. The molecule has 1 heterocycles. The molecule has 1 atom stereocenters. The number of thiophene rings is 1. The quantitative estimate of drug-likeness (QED) is 0.713. The summed E-state index contributed by atoms with van der Waals surface area (Å²) in [6, 6.07) is 14.8. The molecule has 20 heavy (non-hydrogen) atoms. The standard InChI is InChI=1S/C17H15NOS/c19-14-3-4-15-11(10-14)1-5-16(15)18-13-2-6-17-12(9-13)7-8-20-17/h2-4,6-10,16,18-19H,1,5H2. The number of fused-ring (bicyclic) bond motifs is 2. The fourth-order valence-corrected chi connectivity index (χ4v) is 3.78. The third-order valence-corrected chi connectivity index (χ3v) is 4.90. The lowest BCUT2D eigenvalue weighted by molar-refractivity contribution is 0.474. The van der Waals surface area contributed by atoms with Crippen molar-refractivity contribution in [2.45, 2.75) is 18.9 Å². The van der Waals surface area contributed by atoms with Gasteiger partial charge in [0.15, 0.2) is 0 Å². The summed E-state index contributed by atoms with van der Waals surface area (Å²) in [6.45, 7) is 0. The molecule has 2 aromatic carbocycles. The van der Waals surface area contributed by atoms with Gasteiger partial charge >= 0.3 is 0 Å². The molecule has 2 nitrogen and oxygen atoms in total. The number of hydrogen-bond acceptors (Lipinski definition) is 3. The third kappa shape index (κ3) is 1.95. The minimum absolute atomic E-state index is 0.349. The fraction of sp³-hybridized carbons (Fsp3) is 0.176. The fourth-order valence-electron chi connectivity index (χ4n) is 3.01. The van der Waals surface area contributed by atoms with Gasteiger partial charge in [-0.2, -0.15) is 0 Å². The molecule has 2 N–H and O–H groups in total. The highest BCUT2D eigenvalue weighted by Crippen LogP contribution is 2.36. The van der Waals surface area contributed by atoms with Crippen LogP contribution in [-0.4, -0.2) is 5.11 Å². The summed E-state index contributed by atoms with van der Waals surface area (Å²) < 4.78 is 1.33. The number of phenols is 1. The van der Waals surface area contributed by atoms with E-state index in [2.05, 4.69) is 35.0 Å². The Morgan fingerprint density at radius 2 is 2.05 bits per heavy atom. The highest BCUT2D eigenvalue weighted by molar-refractivity contribution is 7.17. The maximum Gasteiger partial charge on any atom is 0.115 e. The molecule has 100 valence electrons. The predicted octanol–water partition coefficient (Wildman–Crippen LogP) is 4.71. The van der Waals surface area contributed by atoms with Gasteiger partial charge in [0.1, 0.15) is 5.75 Å². The second-order valence-corrected chi connectivity index (χ2v) is 6.24. The molecule has 0 bridgehead atoms. The van der Waals surface area contributed by atoms with Crippen LogP contribution in [0.15, 0.2) is 47.8 Å². The van der Waals surface area contributed by atoms with Crippen LogP contribution >= 0.6 is 11.3 Å². The number of anilines is 1. The Bertz CT molecular complexity index is 778. The van der Waals surface area contributed by atoms with E-state index in [0.29, 0.717) is 11.8 Å². The summed E-state index contributed by atoms with van der Waals surface area (Å²) >= 11 is 1.77. The molecular formula is C17H15NOS. The molecular weight excluding hydrogens is 266 g/mol. The molecule has 0 spiro atoms. The lowest BCUT2D eigenvalue weighted by Crippen LogP contribution is -2.06. The second-order valence-electron chi connectivity index (χ2n) is 5.29. The van der Waals surface area contributed by atoms with E-state index in [-0.39, 0.29) is 0 Å². The number of hydrogen-bond donors (Lipinski definition) is 2. The van der Waals surface area contributed by atoms with Crippen LogP contribution in [0.2, 0.25) is 0 Å². The highest BCUT2D eigenvalue weighted by Gasteiger charge is 2.22. The number of rotatable bonds is 2. The van der Waals surface area contributed by atoms with Crippen LogP contribution < -0.4 is 5.32 Å². The van der Waals surface area contributed by atoms with Gasteiger partial charge in [-0.1, -0.05) is 6.07 Å². The van der Waals surface area contributed by atoms with Crippen LogP contribution in [0.4, 0.5) is 5.69 Å². The molecule has 3 aromatic rings. The van der Waals surface area contributed by atoms with Crippen molar-refractivity contribution in [3.8, 4) is 5.75 Å². The molecule has 1 aromatic heterocycles. The Balaban J connectivity index is 1.64. The average molecular weight is 281 g/mol. The van der Waals surface area contributed by atoms with Crippen molar-refractivity contribution in [1.82, 2.24) is 0 Å². The average Bonchev–Trinajstić information content (AvgIpc) is 3.05. The second kappa shape index (κ2) is 4.53. The molecule has 1 unspecified atom stereocenters. The van der Waals surface area contributed by atoms with Crippen LogP contribution in [0.25, 0.3) is 10.1 Å². The first-order valence-corrected chi connectivity index (χ1v) is 7.73. The molecule has 4 rings (SSSR count). The molecule has 0 saturated heterocycles. The summed E-state index contributed by atoms with van der Waals surface area (Å²) in [4.78, 5) is 0. The first-order valence-electron chi connectivity index (χ1n) is 6.85. The smallest absolute Gasteiger partial charge is 0.115 e. The maximum absolute atomic E-state index is 9.55. The molecule has 0 aliphatic heterocycles. The third-order valence-electron chi connectivity index (χ3n) is 4.00. The van der Waals surface area contributed by atoms with Gasteiger partial charge in [0.2, 0.25) is 0 Å². The van der Waals surface area contributed by atoms with Crippen molar-refractivity contribution in [3.05, 3.63) is 59.0 Å². The minimum atomic E-state index is 0.349. The van der Waals surface area contributed by atoms with Crippen LogP contribution in [0, 0.1) is 0 Å². The van der Waals surface area contributed by atoms with Crippen LogP contribution in [0.1, 0.15) is 23.6 Å². The summed E-state index contributed by atoms with van der Waals surface area (Å²) in [5.74, 6) is 0.365. The zero-order chi connectivity index (χ0) is 13.5. The van der Waals surface area contributed by atoms with Crippen molar-refractivity contribution >= 4 is 27.1 Å². The summed E-state index contributed by atoms with van der Waals surface area (Å²) in [5, 5.41) is 16.6. The van der Waals surface area contributed by atoms with Gasteiger partial charge in [-0.05, 0) is 71.1 Å². The Morgan fingerprint density at radius 1 is 1.10 bits per heavy atom. The first kappa shape index (κ1) is 11.8. The van der Waals surface area contributed by atoms with E-state index in [1.807, 2.05) is 12.1 Å². The van der Waals surface area contributed by atoms with Crippen molar-refractivity contribution in [2.24, 2.45) is 0 Å². The normalized spacial score (nSPS) is 17.3. The lowest BCUT2D eigenvalue weighted by Gasteiger charge is -2.15. The molecule has 0 amide bonds. The van der Waals surface area contributed by atoms with E-state index in [4.69, 9.17) is 0 Å². The van der Waals surface area contributed by atoms with Crippen molar-refractivity contribution in [3.63, 3.8) is 0 Å². The topological polar surface area (TPSA) is 32.3 Å². The molecule has 0 radical (unpaired) electrons. The SMILES string of the molecule is Oc1ccc2c(c1)CCC2Nc1ccc2sccc2c1. The van der Waals surface area contributed by atoms with Crippen LogP contribution in [-0.2, 0) is 6.42 Å². The van der Waals surface area contributed by atoms with Gasteiger partial charge in [0.05, 0.1) is 6.04 Å². The summed E-state index contributed by atoms with van der Waals surface area (Å²) in [7, 11) is 0. The van der Waals surface area contributed by atoms with Crippen molar-refractivity contribution in [2.75, 3.05) is 5.32 Å². The minimum Gasteiger partial charge on any atom is -0.508 e. The Morgan fingerprint density at radius 3 is 3.00 bits per heavy atom. The molecule has 1 aliphatic carbocycles. The molecule has 0 fully saturated rings. The Kier molecular flexibility index (Phi) is 2.67. The first-order chi connectivity index (χ1) is 9.79. The van der Waals surface area contributed by atoms with Gasteiger partial charge in [-0.15, -0.1) is 11.3 Å². The predicted molar refractivity (Wildman–Crippen MR) is 84.6 cm³/mol. The van der Waals surface area contributed by atoms with E-state index >= 15 is 0 Å². The van der Waals surface area contributed by atoms with Gasteiger partial charge in [0, 0.05) is 10.4 Å². The summed E-state index contributed by atoms with van der Waals surface area (Å²) in [5.41, 5.74) is 3.74. The number of aromatic hydroxyl groups is 1. The Labute approximate surface area is 121 Å². The molecule has 1 aliphatic rings. The Hall–Kier alpha value is -2.00. The van der Waals surface area contributed by atoms with Crippen LogP contribution in [0.5, 0.6) is 5.75 Å². The van der Waals surface area contributed by atoms with Gasteiger partial charge < -0.3 is 10.4 Å². The zero-order valence-electron chi connectivity index (χ0n) is 11.0. The lowest BCUT2D eigenvalue weighted by atomic mass is 10.1. The van der Waals surface area contributed by atoms with Crippen molar-refractivity contribution < 1.29 is 5.11 Å². The van der Waals surface area contributed by atoms with Gasteiger partial charge in [0.25, 0.3) is 0 Å². The highest BCUT2D eigenvalue weighted by atomic mass is 32.1. The van der Waals surface area contributed by atoms with Crippen molar-refractivity contribution in [1.29, 1.82) is 0 Å². The van der Waals surface area contributed by atoms with E-state index < -0.39 is 0 Å². The number of aryl methyl sites for hydroxylation is 1. The summed E-state index contributed by atoms with van der Waals surface area (Å²) in [6.07, 6.45) is 2.11. The monoisotopic (exact) mass is 281 g/mol. The van der Waals surface area contributed by atoms with Gasteiger partial charge in [-0.25, -0.2) is 0 Å². The van der Waals surface area contributed by atoms with E-state index in [0.717, 1.165) is 12.8 Å².